The fourth-order valence-corrected chi connectivity index (χ4v) is 4.11. The van der Waals surface area contributed by atoms with Crippen LogP contribution in [0.25, 0.3) is 11.3 Å². The summed E-state index contributed by atoms with van der Waals surface area (Å²) in [5.74, 6) is 0.452. The molecule has 3 aromatic rings. The Morgan fingerprint density at radius 3 is 2.53 bits per heavy atom. The number of carbonyl (C=O) groups is 1. The number of anilines is 1. The Bertz CT molecular complexity index is 1020. The summed E-state index contributed by atoms with van der Waals surface area (Å²) in [6.45, 7) is 4.40. The van der Waals surface area contributed by atoms with E-state index in [2.05, 4.69) is 28.2 Å². The first-order valence-electron chi connectivity index (χ1n) is 10.8. The van der Waals surface area contributed by atoms with Gasteiger partial charge in [-0.3, -0.25) is 9.48 Å². The second kappa shape index (κ2) is 8.74. The molecule has 0 atom stereocenters. The molecule has 30 heavy (non-hydrogen) atoms. The van der Waals surface area contributed by atoms with Crippen LogP contribution in [-0.4, -0.2) is 20.8 Å². The molecule has 2 N–H and O–H groups in total. The van der Waals surface area contributed by atoms with Gasteiger partial charge in [-0.25, -0.2) is 0 Å². The highest BCUT2D eigenvalue weighted by atomic mass is 16.3. The SMILES string of the molecule is CC(C)C(=O)Nc1ccc(-c2cc(C3CCCC3)n(Cc3ccccc3)n2)c(O)c1. The highest BCUT2D eigenvalue weighted by Gasteiger charge is 2.23. The third-order valence-electron chi connectivity index (χ3n) is 5.83. The Kier molecular flexibility index (Phi) is 5.88. The van der Waals surface area contributed by atoms with Crippen molar-refractivity contribution in [2.75, 3.05) is 5.32 Å². The van der Waals surface area contributed by atoms with Crippen LogP contribution in [0, 0.1) is 5.92 Å². The zero-order valence-electron chi connectivity index (χ0n) is 17.6. The van der Waals surface area contributed by atoms with Crippen LogP contribution in [-0.2, 0) is 11.3 Å². The van der Waals surface area contributed by atoms with Crippen molar-refractivity contribution in [3.63, 3.8) is 0 Å². The average molecular weight is 404 g/mol. The minimum absolute atomic E-state index is 0.0715. The van der Waals surface area contributed by atoms with Gasteiger partial charge in [-0.15, -0.1) is 0 Å². The molecule has 5 heteroatoms. The maximum absolute atomic E-state index is 11.9. The Morgan fingerprint density at radius 1 is 1.13 bits per heavy atom. The standard InChI is InChI=1S/C25H29N3O2/c1-17(2)25(30)26-20-12-13-21(24(29)14-20)22-15-23(19-10-6-7-11-19)28(27-22)16-18-8-4-3-5-9-18/h3-5,8-9,12-15,17,19,29H,6-7,10-11,16H2,1-2H3,(H,26,30). The van der Waals surface area contributed by atoms with Crippen LogP contribution in [0.15, 0.2) is 54.6 Å². The van der Waals surface area contributed by atoms with Crippen LogP contribution >= 0.6 is 0 Å². The largest absolute Gasteiger partial charge is 0.507 e. The van der Waals surface area contributed by atoms with Crippen molar-refractivity contribution < 1.29 is 9.90 Å². The highest BCUT2D eigenvalue weighted by Crippen LogP contribution is 2.38. The average Bonchev–Trinajstić information content (AvgIpc) is 3.39. The molecule has 1 heterocycles. The number of nitrogens with zero attached hydrogens (tertiary/aromatic N) is 2. The van der Waals surface area contributed by atoms with Crippen LogP contribution in [0.2, 0.25) is 0 Å². The van der Waals surface area contributed by atoms with Gasteiger partial charge in [-0.05, 0) is 36.6 Å². The number of amides is 1. The first-order valence-corrected chi connectivity index (χ1v) is 10.8. The molecule has 0 saturated heterocycles. The van der Waals surface area contributed by atoms with Gasteiger partial charge in [0.15, 0.2) is 0 Å². The van der Waals surface area contributed by atoms with E-state index in [0.29, 0.717) is 17.2 Å². The van der Waals surface area contributed by atoms with Gasteiger partial charge in [0.1, 0.15) is 5.75 Å². The third-order valence-corrected chi connectivity index (χ3v) is 5.83. The molecule has 1 amide bonds. The molecule has 5 nitrogen and oxygen atoms in total. The first-order chi connectivity index (χ1) is 14.5. The predicted molar refractivity (Wildman–Crippen MR) is 120 cm³/mol. The lowest BCUT2D eigenvalue weighted by molar-refractivity contribution is -0.118. The van der Waals surface area contributed by atoms with Gasteiger partial charge in [0.2, 0.25) is 5.91 Å². The third kappa shape index (κ3) is 4.40. The molecule has 2 aromatic carbocycles. The van der Waals surface area contributed by atoms with Crippen LogP contribution in [0.1, 0.15) is 56.7 Å². The molecule has 1 aromatic heterocycles. The van der Waals surface area contributed by atoms with Crippen molar-refractivity contribution in [3.05, 3.63) is 65.9 Å². The second-order valence-electron chi connectivity index (χ2n) is 8.45. The van der Waals surface area contributed by atoms with Crippen LogP contribution in [0.4, 0.5) is 5.69 Å². The van der Waals surface area contributed by atoms with Gasteiger partial charge >= 0.3 is 0 Å². The summed E-state index contributed by atoms with van der Waals surface area (Å²) in [4.78, 5) is 11.9. The summed E-state index contributed by atoms with van der Waals surface area (Å²) in [6, 6.07) is 17.7. The highest BCUT2D eigenvalue weighted by molar-refractivity contribution is 5.92. The molecule has 1 saturated carbocycles. The number of benzene rings is 2. The maximum atomic E-state index is 11.9. The van der Waals surface area contributed by atoms with Crippen molar-refractivity contribution in [3.8, 4) is 17.0 Å². The molecule has 1 aliphatic rings. The topological polar surface area (TPSA) is 67.2 Å². The lowest BCUT2D eigenvalue weighted by Gasteiger charge is -2.12. The fourth-order valence-electron chi connectivity index (χ4n) is 4.11. The summed E-state index contributed by atoms with van der Waals surface area (Å²) in [7, 11) is 0. The molecule has 1 fully saturated rings. The van der Waals surface area contributed by atoms with Crippen LogP contribution in [0.3, 0.4) is 0 Å². The Hall–Kier alpha value is -3.08. The van der Waals surface area contributed by atoms with Gasteiger partial charge in [0.05, 0.1) is 12.2 Å². The molecular formula is C25H29N3O2. The number of phenols is 1. The summed E-state index contributed by atoms with van der Waals surface area (Å²) >= 11 is 0. The van der Waals surface area contributed by atoms with E-state index in [0.717, 1.165) is 12.2 Å². The number of hydrogen-bond donors (Lipinski definition) is 2. The summed E-state index contributed by atoms with van der Waals surface area (Å²) in [5, 5.41) is 18.4. The van der Waals surface area contributed by atoms with Gasteiger partial charge in [-0.1, -0.05) is 57.0 Å². The monoisotopic (exact) mass is 403 g/mol. The van der Waals surface area contributed by atoms with Crippen molar-refractivity contribution in [1.29, 1.82) is 0 Å². The van der Waals surface area contributed by atoms with Crippen LogP contribution in [0.5, 0.6) is 5.75 Å². The van der Waals surface area contributed by atoms with Crippen molar-refractivity contribution >= 4 is 11.6 Å². The summed E-state index contributed by atoms with van der Waals surface area (Å²) in [6.07, 6.45) is 4.89. The number of phenolic OH excluding ortho intramolecular Hbond substituents is 1. The molecule has 0 unspecified atom stereocenters. The smallest absolute Gasteiger partial charge is 0.226 e. The quantitative estimate of drug-likeness (QED) is 0.566. The Labute approximate surface area is 177 Å². The Balaban J connectivity index is 1.65. The van der Waals surface area contributed by atoms with Crippen molar-refractivity contribution in [2.45, 2.75) is 52.0 Å². The number of nitrogens with one attached hydrogen (secondary N) is 1. The molecule has 4 rings (SSSR count). The van der Waals surface area contributed by atoms with Gasteiger partial charge < -0.3 is 10.4 Å². The van der Waals surface area contributed by atoms with E-state index in [9.17, 15) is 9.90 Å². The molecule has 156 valence electrons. The first kappa shape index (κ1) is 20.2. The second-order valence-corrected chi connectivity index (χ2v) is 8.45. The molecule has 0 aliphatic heterocycles. The van der Waals surface area contributed by atoms with E-state index in [1.165, 1.54) is 36.9 Å². The van der Waals surface area contributed by atoms with Crippen LogP contribution < -0.4 is 5.32 Å². The van der Waals surface area contributed by atoms with Crippen molar-refractivity contribution in [1.82, 2.24) is 9.78 Å². The zero-order chi connectivity index (χ0) is 21.1. The normalized spacial score (nSPS) is 14.4. The van der Waals surface area contributed by atoms with Gasteiger partial charge in [-0.2, -0.15) is 5.10 Å². The maximum Gasteiger partial charge on any atom is 0.226 e. The molecular weight excluding hydrogens is 374 g/mol. The van der Waals surface area contributed by atoms with E-state index in [4.69, 9.17) is 5.10 Å². The van der Waals surface area contributed by atoms with E-state index in [1.54, 1.807) is 6.07 Å². The zero-order valence-corrected chi connectivity index (χ0v) is 17.6. The minimum Gasteiger partial charge on any atom is -0.507 e. The summed E-state index contributed by atoms with van der Waals surface area (Å²) < 4.78 is 2.09. The molecule has 0 radical (unpaired) electrons. The minimum atomic E-state index is -0.116. The summed E-state index contributed by atoms with van der Waals surface area (Å²) in [5.41, 5.74) is 4.50. The number of aromatic hydroxyl groups is 1. The van der Waals surface area contributed by atoms with Crippen molar-refractivity contribution in [2.24, 2.45) is 5.92 Å². The number of carbonyl (C=O) groups excluding carboxylic acids is 1. The number of aromatic nitrogens is 2. The Morgan fingerprint density at radius 2 is 1.87 bits per heavy atom. The lowest BCUT2D eigenvalue weighted by Crippen LogP contribution is -2.17. The van der Waals surface area contributed by atoms with E-state index in [1.807, 2.05) is 44.2 Å². The molecule has 0 bridgehead atoms. The van der Waals surface area contributed by atoms with E-state index >= 15 is 0 Å². The van der Waals surface area contributed by atoms with E-state index < -0.39 is 0 Å². The van der Waals surface area contributed by atoms with Gasteiger partial charge in [0.25, 0.3) is 0 Å². The predicted octanol–water partition coefficient (Wildman–Crippen LogP) is 5.56. The lowest BCUT2D eigenvalue weighted by atomic mass is 10.0. The fraction of sp³-hybridized carbons (Fsp3) is 0.360. The van der Waals surface area contributed by atoms with E-state index in [-0.39, 0.29) is 17.6 Å². The molecule has 1 aliphatic carbocycles. The van der Waals surface area contributed by atoms with Gasteiger partial charge in [0, 0.05) is 34.8 Å². The number of hydrogen-bond acceptors (Lipinski definition) is 3. The number of rotatable bonds is 6. The molecule has 0 spiro atoms.